The molecule has 0 radical (unpaired) electrons. The lowest BCUT2D eigenvalue weighted by molar-refractivity contribution is -0.137. The topological polar surface area (TPSA) is 75.9 Å². The molecule has 2 N–H and O–H groups in total. The van der Waals surface area contributed by atoms with Crippen LogP contribution in [-0.4, -0.2) is 36.8 Å². The van der Waals surface area contributed by atoms with Gasteiger partial charge in [-0.25, -0.2) is 15.0 Å². The molecule has 0 spiro atoms. The van der Waals surface area contributed by atoms with Crippen molar-refractivity contribution in [3.63, 3.8) is 0 Å². The number of rotatable bonds is 4. The van der Waals surface area contributed by atoms with Gasteiger partial charge in [-0.1, -0.05) is 30.2 Å². The van der Waals surface area contributed by atoms with Gasteiger partial charge in [0, 0.05) is 6.20 Å². The van der Waals surface area contributed by atoms with Crippen LogP contribution in [0.1, 0.15) is 36.8 Å². The van der Waals surface area contributed by atoms with Crippen molar-refractivity contribution >= 4 is 37.8 Å². The molecule has 1 aliphatic rings. The number of hydrogen-bond acceptors (Lipinski definition) is 6. The zero-order chi connectivity index (χ0) is 21.6. The predicted octanol–water partition coefficient (Wildman–Crippen LogP) is 4.82. The number of nitrogens with one attached hydrogen (secondary N) is 1. The Hall–Kier alpha value is -2.72. The highest BCUT2D eigenvalue weighted by Crippen LogP contribution is 2.31. The van der Waals surface area contributed by atoms with Crippen molar-refractivity contribution in [2.75, 3.05) is 5.32 Å². The summed E-state index contributed by atoms with van der Waals surface area (Å²) in [5, 5.41) is 14.3. The Kier molecular flexibility index (Phi) is 5.05. The van der Waals surface area contributed by atoms with Crippen LogP contribution in [0.2, 0.25) is 0 Å². The second-order valence-corrected chi connectivity index (χ2v) is 8.89. The molecule has 4 aromatic rings. The van der Waals surface area contributed by atoms with Gasteiger partial charge >= 0.3 is 6.18 Å². The third-order valence-electron chi connectivity index (χ3n) is 5.63. The molecule has 1 aliphatic carbocycles. The van der Waals surface area contributed by atoms with Crippen molar-refractivity contribution in [3.05, 3.63) is 47.9 Å². The van der Waals surface area contributed by atoms with Crippen molar-refractivity contribution in [2.45, 2.75) is 50.6 Å². The van der Waals surface area contributed by atoms with E-state index in [0.717, 1.165) is 58.9 Å². The third-order valence-corrected chi connectivity index (χ3v) is 6.58. The Morgan fingerprint density at radius 2 is 1.97 bits per heavy atom. The van der Waals surface area contributed by atoms with Crippen LogP contribution < -0.4 is 5.32 Å². The highest BCUT2D eigenvalue weighted by atomic mass is 32.1. The Bertz CT molecular complexity index is 1230. The van der Waals surface area contributed by atoms with E-state index >= 15 is 0 Å². The molecule has 2 atom stereocenters. The Morgan fingerprint density at radius 1 is 1.13 bits per heavy atom. The molecular formula is C21H20F3N5OS. The summed E-state index contributed by atoms with van der Waals surface area (Å²) >= 11 is 1.53. The SMILES string of the molecule is OC1CCCCC1Nc1nc2ccc(Cn3cnc4cc(C(F)(F)F)cnc43)cc2s1. The number of hydrogen-bond donors (Lipinski definition) is 2. The quantitative estimate of drug-likeness (QED) is 0.469. The normalized spacial score (nSPS) is 19.9. The first kappa shape index (κ1) is 20.2. The Labute approximate surface area is 179 Å². The highest BCUT2D eigenvalue weighted by molar-refractivity contribution is 7.22. The minimum Gasteiger partial charge on any atom is -0.391 e. The fraction of sp³-hybridized carbons (Fsp3) is 0.381. The van der Waals surface area contributed by atoms with Crippen LogP contribution in [0.3, 0.4) is 0 Å². The zero-order valence-electron chi connectivity index (χ0n) is 16.4. The largest absolute Gasteiger partial charge is 0.417 e. The van der Waals surface area contributed by atoms with Crippen LogP contribution in [0, 0.1) is 0 Å². The lowest BCUT2D eigenvalue weighted by Crippen LogP contribution is -2.36. The minimum atomic E-state index is -4.44. The summed E-state index contributed by atoms with van der Waals surface area (Å²) in [7, 11) is 0. The number of aliphatic hydroxyl groups is 1. The van der Waals surface area contributed by atoms with E-state index in [-0.39, 0.29) is 17.7 Å². The van der Waals surface area contributed by atoms with Gasteiger partial charge in [-0.15, -0.1) is 0 Å². The van der Waals surface area contributed by atoms with E-state index in [1.54, 1.807) is 4.57 Å². The van der Waals surface area contributed by atoms with Gasteiger partial charge < -0.3 is 15.0 Å². The first-order chi connectivity index (χ1) is 14.9. The molecule has 3 aromatic heterocycles. The molecule has 1 fully saturated rings. The first-order valence-corrected chi connectivity index (χ1v) is 10.9. The second kappa shape index (κ2) is 7.76. The van der Waals surface area contributed by atoms with E-state index < -0.39 is 11.7 Å². The number of pyridine rings is 1. The number of aliphatic hydroxyl groups excluding tert-OH is 1. The third kappa shape index (κ3) is 4.09. The van der Waals surface area contributed by atoms with Crippen LogP contribution in [0.15, 0.2) is 36.8 Å². The van der Waals surface area contributed by atoms with Gasteiger partial charge in [0.1, 0.15) is 5.52 Å². The molecule has 162 valence electrons. The van der Waals surface area contributed by atoms with E-state index in [1.807, 2.05) is 18.2 Å². The van der Waals surface area contributed by atoms with E-state index in [1.165, 1.54) is 17.7 Å². The van der Waals surface area contributed by atoms with Gasteiger partial charge in [0.15, 0.2) is 10.8 Å². The van der Waals surface area contributed by atoms with Gasteiger partial charge in [0.2, 0.25) is 0 Å². The number of fused-ring (bicyclic) bond motifs is 2. The molecule has 1 aromatic carbocycles. The average Bonchev–Trinajstić information content (AvgIpc) is 3.32. The number of thiazole rings is 1. The number of aromatic nitrogens is 4. The summed E-state index contributed by atoms with van der Waals surface area (Å²) in [6.45, 7) is 0.437. The number of alkyl halides is 3. The number of imidazole rings is 1. The lowest BCUT2D eigenvalue weighted by atomic mass is 9.93. The van der Waals surface area contributed by atoms with Gasteiger partial charge in [-0.3, -0.25) is 0 Å². The van der Waals surface area contributed by atoms with Gasteiger partial charge in [0.05, 0.1) is 40.8 Å². The molecule has 5 rings (SSSR count). The number of nitrogens with zero attached hydrogens (tertiary/aromatic N) is 4. The maximum Gasteiger partial charge on any atom is 0.417 e. The maximum absolute atomic E-state index is 12.9. The van der Waals surface area contributed by atoms with Gasteiger partial charge in [0.25, 0.3) is 0 Å². The fourth-order valence-corrected chi connectivity index (χ4v) is 4.97. The molecule has 0 amide bonds. The Balaban J connectivity index is 1.37. The zero-order valence-corrected chi connectivity index (χ0v) is 17.2. The summed E-state index contributed by atoms with van der Waals surface area (Å²) in [4.78, 5) is 12.7. The maximum atomic E-state index is 12.9. The van der Waals surface area contributed by atoms with Crippen molar-refractivity contribution in [3.8, 4) is 0 Å². The molecular weight excluding hydrogens is 427 g/mol. The van der Waals surface area contributed by atoms with Crippen molar-refractivity contribution < 1.29 is 18.3 Å². The first-order valence-electron chi connectivity index (χ1n) is 10.1. The van der Waals surface area contributed by atoms with Gasteiger partial charge in [-0.05, 0) is 36.6 Å². The monoisotopic (exact) mass is 447 g/mol. The van der Waals surface area contributed by atoms with Crippen LogP contribution >= 0.6 is 11.3 Å². The summed E-state index contributed by atoms with van der Waals surface area (Å²) in [5.74, 6) is 0. The van der Waals surface area contributed by atoms with Crippen molar-refractivity contribution in [2.24, 2.45) is 0 Å². The highest BCUT2D eigenvalue weighted by Gasteiger charge is 2.31. The number of halogens is 3. The molecule has 6 nitrogen and oxygen atoms in total. The minimum absolute atomic E-state index is 0.0266. The standard InChI is InChI=1S/C21H20F3N5OS/c22-21(23,24)13-8-16-19(25-9-13)29(11-26-16)10-12-5-6-15-18(7-12)31-20(28-15)27-14-3-1-2-4-17(14)30/h5-9,11,14,17,30H,1-4,10H2,(H,27,28). The van der Waals surface area contributed by atoms with Crippen LogP contribution in [-0.2, 0) is 12.7 Å². The molecule has 31 heavy (non-hydrogen) atoms. The predicted molar refractivity (Wildman–Crippen MR) is 113 cm³/mol. The average molecular weight is 447 g/mol. The van der Waals surface area contributed by atoms with Crippen molar-refractivity contribution in [1.82, 2.24) is 19.5 Å². The van der Waals surface area contributed by atoms with Crippen LogP contribution in [0.25, 0.3) is 21.4 Å². The van der Waals surface area contributed by atoms with Crippen LogP contribution in [0.5, 0.6) is 0 Å². The summed E-state index contributed by atoms with van der Waals surface area (Å²) in [5.41, 5.74) is 1.66. The Morgan fingerprint density at radius 3 is 2.77 bits per heavy atom. The van der Waals surface area contributed by atoms with E-state index in [4.69, 9.17) is 0 Å². The smallest absolute Gasteiger partial charge is 0.391 e. The number of anilines is 1. The fourth-order valence-electron chi connectivity index (χ4n) is 3.98. The number of benzene rings is 1. The molecule has 0 aliphatic heterocycles. The van der Waals surface area contributed by atoms with Gasteiger partial charge in [-0.2, -0.15) is 13.2 Å². The van der Waals surface area contributed by atoms with Crippen LogP contribution in [0.4, 0.5) is 18.3 Å². The summed E-state index contributed by atoms with van der Waals surface area (Å²) in [6, 6.07) is 6.93. The molecule has 3 heterocycles. The molecule has 0 bridgehead atoms. The lowest BCUT2D eigenvalue weighted by Gasteiger charge is -2.27. The molecule has 1 saturated carbocycles. The molecule has 10 heteroatoms. The molecule has 2 unspecified atom stereocenters. The van der Waals surface area contributed by atoms with E-state index in [0.29, 0.717) is 12.2 Å². The van der Waals surface area contributed by atoms with E-state index in [9.17, 15) is 18.3 Å². The summed E-state index contributed by atoms with van der Waals surface area (Å²) in [6.07, 6.45) is 1.44. The summed E-state index contributed by atoms with van der Waals surface area (Å²) < 4.78 is 41.4. The second-order valence-electron chi connectivity index (χ2n) is 7.86. The molecule has 0 saturated heterocycles. The van der Waals surface area contributed by atoms with E-state index in [2.05, 4.69) is 20.3 Å². The van der Waals surface area contributed by atoms with Crippen molar-refractivity contribution in [1.29, 1.82) is 0 Å².